The van der Waals surface area contributed by atoms with Gasteiger partial charge in [0.05, 0.1) is 25.3 Å². The molecule has 1 amide bonds. The van der Waals surface area contributed by atoms with Crippen molar-refractivity contribution in [3.63, 3.8) is 0 Å². The Morgan fingerprint density at radius 3 is 3.14 bits per heavy atom. The molecule has 0 aromatic carbocycles. The summed E-state index contributed by atoms with van der Waals surface area (Å²) >= 11 is 0. The first-order valence-electron chi connectivity index (χ1n) is 6.86. The lowest BCUT2D eigenvalue weighted by molar-refractivity contribution is -0.125. The minimum absolute atomic E-state index is 0.00362. The number of rotatable bonds is 7. The van der Waals surface area contributed by atoms with Crippen molar-refractivity contribution in [3.8, 4) is 0 Å². The molecule has 1 saturated heterocycles. The van der Waals surface area contributed by atoms with E-state index in [-0.39, 0.29) is 25.1 Å². The first-order chi connectivity index (χ1) is 10.1. The van der Waals surface area contributed by atoms with Crippen molar-refractivity contribution >= 4 is 5.91 Å². The van der Waals surface area contributed by atoms with Gasteiger partial charge in [0.15, 0.2) is 0 Å². The SMILES string of the molecule is COCC(=O)NCC1OCC(NCc2nccn2C)C1O. The van der Waals surface area contributed by atoms with Crippen LogP contribution in [0.2, 0.25) is 0 Å². The molecule has 1 aliphatic heterocycles. The molecular formula is C13H22N4O4. The Morgan fingerprint density at radius 2 is 2.48 bits per heavy atom. The number of amides is 1. The maximum Gasteiger partial charge on any atom is 0.246 e. The van der Waals surface area contributed by atoms with Crippen molar-refractivity contribution < 1.29 is 19.4 Å². The zero-order chi connectivity index (χ0) is 15.2. The Kier molecular flexibility index (Phi) is 5.68. The van der Waals surface area contributed by atoms with Gasteiger partial charge >= 0.3 is 0 Å². The Balaban J connectivity index is 1.74. The van der Waals surface area contributed by atoms with Crippen LogP contribution in [-0.4, -0.2) is 65.7 Å². The highest BCUT2D eigenvalue weighted by Crippen LogP contribution is 2.14. The lowest BCUT2D eigenvalue weighted by Gasteiger charge is -2.18. The van der Waals surface area contributed by atoms with E-state index in [1.54, 1.807) is 6.20 Å². The van der Waals surface area contributed by atoms with Gasteiger partial charge in [-0.1, -0.05) is 0 Å². The number of aromatic nitrogens is 2. The van der Waals surface area contributed by atoms with Gasteiger partial charge in [-0.15, -0.1) is 0 Å². The van der Waals surface area contributed by atoms with Crippen molar-refractivity contribution in [1.82, 2.24) is 20.2 Å². The molecule has 118 valence electrons. The molecule has 2 rings (SSSR count). The molecule has 0 bridgehead atoms. The molecule has 8 heteroatoms. The van der Waals surface area contributed by atoms with Crippen LogP contribution in [0.4, 0.5) is 0 Å². The number of hydrogen-bond acceptors (Lipinski definition) is 6. The van der Waals surface area contributed by atoms with Gasteiger partial charge in [-0.25, -0.2) is 4.98 Å². The van der Waals surface area contributed by atoms with E-state index < -0.39 is 12.2 Å². The summed E-state index contributed by atoms with van der Waals surface area (Å²) in [4.78, 5) is 15.5. The highest BCUT2D eigenvalue weighted by atomic mass is 16.5. The molecule has 0 saturated carbocycles. The third-order valence-corrected chi connectivity index (χ3v) is 3.50. The van der Waals surface area contributed by atoms with Crippen LogP contribution in [0.5, 0.6) is 0 Å². The molecule has 3 unspecified atom stereocenters. The quantitative estimate of drug-likeness (QED) is 0.561. The second-order valence-corrected chi connectivity index (χ2v) is 5.04. The number of imidazole rings is 1. The summed E-state index contributed by atoms with van der Waals surface area (Å²) in [5.74, 6) is 0.664. The third-order valence-electron chi connectivity index (χ3n) is 3.50. The summed E-state index contributed by atoms with van der Waals surface area (Å²) in [7, 11) is 3.37. The van der Waals surface area contributed by atoms with E-state index in [0.29, 0.717) is 13.2 Å². The molecular weight excluding hydrogens is 276 g/mol. The first kappa shape index (κ1) is 15.9. The van der Waals surface area contributed by atoms with E-state index in [4.69, 9.17) is 9.47 Å². The van der Waals surface area contributed by atoms with Gasteiger partial charge in [0.1, 0.15) is 18.5 Å². The van der Waals surface area contributed by atoms with Gasteiger partial charge in [-0.05, 0) is 0 Å². The number of nitrogens with one attached hydrogen (secondary N) is 2. The fraction of sp³-hybridized carbons (Fsp3) is 0.692. The number of methoxy groups -OCH3 is 1. The van der Waals surface area contributed by atoms with Crippen LogP contribution in [0, 0.1) is 0 Å². The Hall–Kier alpha value is -1.48. The molecule has 0 radical (unpaired) electrons. The number of carbonyl (C=O) groups is 1. The summed E-state index contributed by atoms with van der Waals surface area (Å²) in [5.41, 5.74) is 0. The molecule has 1 aliphatic rings. The number of ether oxygens (including phenoxy) is 2. The maximum absolute atomic E-state index is 11.3. The van der Waals surface area contributed by atoms with Gasteiger partial charge in [-0.2, -0.15) is 0 Å². The van der Waals surface area contributed by atoms with E-state index in [2.05, 4.69) is 15.6 Å². The van der Waals surface area contributed by atoms with E-state index in [0.717, 1.165) is 5.82 Å². The van der Waals surface area contributed by atoms with Crippen LogP contribution in [0.3, 0.4) is 0 Å². The highest BCUT2D eigenvalue weighted by Gasteiger charge is 2.35. The van der Waals surface area contributed by atoms with E-state index in [1.165, 1.54) is 7.11 Å². The second kappa shape index (κ2) is 7.51. The molecule has 1 aromatic heterocycles. The number of hydrogen-bond donors (Lipinski definition) is 3. The molecule has 2 heterocycles. The average molecular weight is 298 g/mol. The molecule has 3 N–H and O–H groups in total. The molecule has 3 atom stereocenters. The summed E-state index contributed by atoms with van der Waals surface area (Å²) < 4.78 is 12.1. The van der Waals surface area contributed by atoms with Crippen molar-refractivity contribution in [2.24, 2.45) is 7.05 Å². The predicted octanol–water partition coefficient (Wildman–Crippen LogP) is -1.60. The molecule has 1 aromatic rings. The van der Waals surface area contributed by atoms with Gasteiger partial charge in [0.25, 0.3) is 0 Å². The second-order valence-electron chi connectivity index (χ2n) is 5.04. The summed E-state index contributed by atoms with van der Waals surface area (Å²) in [5, 5.41) is 16.1. The third kappa shape index (κ3) is 4.24. The molecule has 0 spiro atoms. The standard InChI is InChI=1S/C13H22N4O4/c1-17-4-3-14-11(17)6-15-9-7-21-10(13(9)19)5-16-12(18)8-20-2/h3-4,9-10,13,15,19H,5-8H2,1-2H3,(H,16,18). The highest BCUT2D eigenvalue weighted by molar-refractivity contribution is 5.77. The largest absolute Gasteiger partial charge is 0.389 e. The fourth-order valence-electron chi connectivity index (χ4n) is 2.23. The summed E-state index contributed by atoms with van der Waals surface area (Å²) in [6.45, 7) is 1.22. The zero-order valence-corrected chi connectivity index (χ0v) is 12.3. The van der Waals surface area contributed by atoms with Crippen molar-refractivity contribution in [2.75, 3.05) is 26.9 Å². The number of carbonyl (C=O) groups excluding carboxylic acids is 1. The Labute approximate surface area is 123 Å². The Morgan fingerprint density at radius 1 is 1.67 bits per heavy atom. The van der Waals surface area contributed by atoms with E-state index in [1.807, 2.05) is 17.8 Å². The number of aliphatic hydroxyl groups is 1. The average Bonchev–Trinajstić information content (AvgIpc) is 3.01. The van der Waals surface area contributed by atoms with Crippen LogP contribution in [0.15, 0.2) is 12.4 Å². The predicted molar refractivity (Wildman–Crippen MR) is 74.5 cm³/mol. The topological polar surface area (TPSA) is 97.6 Å². The van der Waals surface area contributed by atoms with Crippen LogP contribution >= 0.6 is 0 Å². The van der Waals surface area contributed by atoms with Crippen molar-refractivity contribution in [2.45, 2.75) is 24.8 Å². The van der Waals surface area contributed by atoms with Crippen LogP contribution < -0.4 is 10.6 Å². The fourth-order valence-corrected chi connectivity index (χ4v) is 2.23. The van der Waals surface area contributed by atoms with Crippen LogP contribution in [-0.2, 0) is 27.9 Å². The minimum Gasteiger partial charge on any atom is -0.389 e. The van der Waals surface area contributed by atoms with Crippen molar-refractivity contribution in [3.05, 3.63) is 18.2 Å². The lowest BCUT2D eigenvalue weighted by Crippen LogP contribution is -2.45. The number of aliphatic hydroxyl groups excluding tert-OH is 1. The van der Waals surface area contributed by atoms with Crippen molar-refractivity contribution in [1.29, 1.82) is 0 Å². The molecule has 21 heavy (non-hydrogen) atoms. The molecule has 8 nitrogen and oxygen atoms in total. The number of nitrogens with zero attached hydrogens (tertiary/aromatic N) is 2. The van der Waals surface area contributed by atoms with Gasteiger partial charge < -0.3 is 29.8 Å². The van der Waals surface area contributed by atoms with Gasteiger partial charge in [0.2, 0.25) is 5.91 Å². The first-order valence-corrected chi connectivity index (χ1v) is 6.86. The summed E-state index contributed by atoms with van der Waals surface area (Å²) in [6, 6.07) is -0.175. The minimum atomic E-state index is -0.673. The van der Waals surface area contributed by atoms with Gasteiger partial charge in [-0.3, -0.25) is 4.79 Å². The van der Waals surface area contributed by atoms with Gasteiger partial charge in [0, 0.05) is 33.1 Å². The summed E-state index contributed by atoms with van der Waals surface area (Å²) in [6.07, 6.45) is 2.51. The monoisotopic (exact) mass is 298 g/mol. The lowest BCUT2D eigenvalue weighted by atomic mass is 10.1. The zero-order valence-electron chi connectivity index (χ0n) is 12.3. The maximum atomic E-state index is 11.3. The molecule has 1 fully saturated rings. The number of aryl methyl sites for hydroxylation is 1. The smallest absolute Gasteiger partial charge is 0.246 e. The van der Waals surface area contributed by atoms with Crippen LogP contribution in [0.25, 0.3) is 0 Å². The molecule has 0 aliphatic carbocycles. The Bertz CT molecular complexity index is 465. The van der Waals surface area contributed by atoms with E-state index in [9.17, 15) is 9.90 Å². The normalized spacial score (nSPS) is 25.2. The van der Waals surface area contributed by atoms with E-state index >= 15 is 0 Å². The van der Waals surface area contributed by atoms with Crippen LogP contribution in [0.1, 0.15) is 5.82 Å².